The van der Waals surface area contributed by atoms with Gasteiger partial charge in [-0.25, -0.2) is 0 Å². The van der Waals surface area contributed by atoms with Crippen molar-refractivity contribution in [3.05, 3.63) is 28.2 Å². The Kier molecular flexibility index (Phi) is 3.43. The van der Waals surface area contributed by atoms with Crippen molar-refractivity contribution >= 4 is 39.2 Å². The van der Waals surface area contributed by atoms with Gasteiger partial charge in [0, 0.05) is 0 Å². The average Bonchev–Trinajstić information content (AvgIpc) is 2.07. The third kappa shape index (κ3) is 2.98. The monoisotopic (exact) mass is 267 g/mol. The normalized spacial score (nSPS) is 11.1. The number of sulfonamides is 1. The van der Waals surface area contributed by atoms with Crippen molar-refractivity contribution in [2.75, 3.05) is 0 Å². The number of nitrogens with two attached hydrogens (primary N) is 2. The summed E-state index contributed by atoms with van der Waals surface area (Å²) in [7, 11) is -3.90. The molecule has 0 aliphatic rings. The fourth-order valence-electron chi connectivity index (χ4n) is 0.829. The van der Waals surface area contributed by atoms with Crippen molar-refractivity contribution < 1.29 is 8.42 Å². The van der Waals surface area contributed by atoms with Gasteiger partial charge in [-0.15, -0.1) is 4.40 Å². The van der Waals surface area contributed by atoms with E-state index < -0.39 is 16.0 Å². The second-order valence-corrected chi connectivity index (χ2v) is 4.99. The highest BCUT2D eigenvalue weighted by Gasteiger charge is 2.14. The second kappa shape index (κ2) is 4.26. The minimum absolute atomic E-state index is 0.114. The minimum Gasteiger partial charge on any atom is -0.369 e. The number of nitrogens with zero attached hydrogens (tertiary/aromatic N) is 1. The summed E-state index contributed by atoms with van der Waals surface area (Å²) in [5.41, 5.74) is 9.95. The Hall–Kier alpha value is -0.980. The predicted molar refractivity (Wildman–Crippen MR) is 59.5 cm³/mol. The fraction of sp³-hybridized carbons (Fsp3) is 0. The highest BCUT2D eigenvalue weighted by atomic mass is 35.5. The molecule has 15 heavy (non-hydrogen) atoms. The van der Waals surface area contributed by atoms with Crippen molar-refractivity contribution in [3.8, 4) is 0 Å². The lowest BCUT2D eigenvalue weighted by Crippen LogP contribution is -2.24. The Morgan fingerprint density at radius 3 is 2.27 bits per heavy atom. The predicted octanol–water partition coefficient (Wildman–Crippen LogP) is 0.956. The Bertz CT molecular complexity index is 509. The van der Waals surface area contributed by atoms with E-state index >= 15 is 0 Å². The molecule has 0 saturated heterocycles. The maximum Gasteiger partial charge on any atom is 0.285 e. The van der Waals surface area contributed by atoms with Gasteiger partial charge >= 0.3 is 0 Å². The van der Waals surface area contributed by atoms with Crippen molar-refractivity contribution in [1.29, 1.82) is 0 Å². The summed E-state index contributed by atoms with van der Waals surface area (Å²) in [4.78, 5) is -0.120. The first-order chi connectivity index (χ1) is 6.83. The molecule has 0 saturated carbocycles. The molecule has 0 fully saturated rings. The smallest absolute Gasteiger partial charge is 0.285 e. The molecular weight excluding hydrogens is 261 g/mol. The molecule has 8 heteroatoms. The first-order valence-corrected chi connectivity index (χ1v) is 5.83. The van der Waals surface area contributed by atoms with Crippen molar-refractivity contribution in [3.63, 3.8) is 0 Å². The Morgan fingerprint density at radius 2 is 1.80 bits per heavy atom. The van der Waals surface area contributed by atoms with Gasteiger partial charge in [0.15, 0.2) is 0 Å². The number of hydrogen-bond acceptors (Lipinski definition) is 2. The van der Waals surface area contributed by atoms with Crippen LogP contribution in [0.1, 0.15) is 0 Å². The van der Waals surface area contributed by atoms with Crippen LogP contribution in [0.3, 0.4) is 0 Å². The van der Waals surface area contributed by atoms with E-state index in [0.29, 0.717) is 0 Å². The third-order valence-electron chi connectivity index (χ3n) is 1.41. The SMILES string of the molecule is NC(N)=NS(=O)(=O)c1ccc(Cl)c(Cl)c1. The van der Waals surface area contributed by atoms with Crippen LogP contribution in [0.5, 0.6) is 0 Å². The molecule has 1 aromatic rings. The van der Waals surface area contributed by atoms with E-state index in [9.17, 15) is 8.42 Å². The molecule has 1 rings (SSSR count). The molecule has 0 aromatic heterocycles. The Balaban J connectivity index is 3.29. The first-order valence-electron chi connectivity index (χ1n) is 3.64. The molecule has 0 unspecified atom stereocenters. The van der Waals surface area contributed by atoms with Crippen LogP contribution in [-0.2, 0) is 10.0 Å². The van der Waals surface area contributed by atoms with E-state index in [1.807, 2.05) is 0 Å². The Labute approximate surface area is 96.7 Å². The molecule has 0 aliphatic carbocycles. The van der Waals surface area contributed by atoms with Crippen LogP contribution in [0.15, 0.2) is 27.5 Å². The van der Waals surface area contributed by atoms with Gasteiger partial charge in [-0.1, -0.05) is 23.2 Å². The summed E-state index contributed by atoms with van der Waals surface area (Å²) in [5, 5.41) is 0.365. The molecule has 0 atom stereocenters. The maximum atomic E-state index is 11.5. The summed E-state index contributed by atoms with van der Waals surface area (Å²) in [6.45, 7) is 0. The van der Waals surface area contributed by atoms with Gasteiger partial charge in [-0.05, 0) is 18.2 Å². The standard InChI is InChI=1S/C7H7Cl2N3O2S/c8-5-2-1-4(3-6(5)9)15(13,14)12-7(10)11/h1-3H,(H4,10,11,12). The molecule has 0 spiro atoms. The van der Waals surface area contributed by atoms with Gasteiger partial charge in [0.25, 0.3) is 10.0 Å². The Morgan fingerprint density at radius 1 is 1.20 bits per heavy atom. The van der Waals surface area contributed by atoms with Gasteiger partial charge < -0.3 is 11.5 Å². The molecule has 5 nitrogen and oxygen atoms in total. The van der Waals surface area contributed by atoms with Crippen LogP contribution in [0.25, 0.3) is 0 Å². The van der Waals surface area contributed by atoms with Crippen LogP contribution in [-0.4, -0.2) is 14.4 Å². The number of halogens is 2. The highest BCUT2D eigenvalue weighted by molar-refractivity contribution is 7.90. The van der Waals surface area contributed by atoms with Gasteiger partial charge in [0.1, 0.15) is 0 Å². The maximum absolute atomic E-state index is 11.5. The lowest BCUT2D eigenvalue weighted by Gasteiger charge is -2.00. The van der Waals surface area contributed by atoms with Gasteiger partial charge in [-0.3, -0.25) is 0 Å². The van der Waals surface area contributed by atoms with E-state index in [1.54, 1.807) is 0 Å². The summed E-state index contributed by atoms with van der Waals surface area (Å²) in [5.74, 6) is -0.541. The van der Waals surface area contributed by atoms with Crippen LogP contribution >= 0.6 is 23.2 Å². The van der Waals surface area contributed by atoms with Crippen LogP contribution in [0.2, 0.25) is 10.0 Å². The van der Waals surface area contributed by atoms with E-state index in [0.717, 1.165) is 0 Å². The third-order valence-corrected chi connectivity index (χ3v) is 3.45. The molecule has 0 amide bonds. The lowest BCUT2D eigenvalue weighted by molar-refractivity contribution is 0.598. The molecule has 0 radical (unpaired) electrons. The zero-order valence-electron chi connectivity index (χ0n) is 7.31. The second-order valence-electron chi connectivity index (χ2n) is 2.57. The molecule has 0 bridgehead atoms. The zero-order valence-corrected chi connectivity index (χ0v) is 9.64. The topological polar surface area (TPSA) is 98.5 Å². The number of hydrogen-bond donors (Lipinski definition) is 2. The van der Waals surface area contributed by atoms with Gasteiger partial charge in [0.05, 0.1) is 14.9 Å². The zero-order chi connectivity index (χ0) is 11.6. The van der Waals surface area contributed by atoms with Gasteiger partial charge in [-0.2, -0.15) is 8.42 Å². The minimum atomic E-state index is -3.90. The number of benzene rings is 1. The summed E-state index contributed by atoms with van der Waals surface area (Å²) < 4.78 is 26.0. The van der Waals surface area contributed by atoms with E-state index in [1.165, 1.54) is 18.2 Å². The largest absolute Gasteiger partial charge is 0.369 e. The lowest BCUT2D eigenvalue weighted by atomic mass is 10.4. The molecule has 0 heterocycles. The fourth-order valence-corrected chi connectivity index (χ4v) is 2.08. The molecule has 1 aromatic carbocycles. The summed E-state index contributed by atoms with van der Waals surface area (Å²) in [6.07, 6.45) is 0. The molecule has 4 N–H and O–H groups in total. The van der Waals surface area contributed by atoms with E-state index in [-0.39, 0.29) is 14.9 Å². The quantitative estimate of drug-likeness (QED) is 0.616. The summed E-state index contributed by atoms with van der Waals surface area (Å²) >= 11 is 11.3. The van der Waals surface area contributed by atoms with Crippen molar-refractivity contribution in [1.82, 2.24) is 0 Å². The first kappa shape index (κ1) is 12.1. The highest BCUT2D eigenvalue weighted by Crippen LogP contribution is 2.25. The van der Waals surface area contributed by atoms with Crippen LogP contribution in [0, 0.1) is 0 Å². The molecule has 82 valence electrons. The van der Waals surface area contributed by atoms with Crippen molar-refractivity contribution in [2.24, 2.45) is 15.9 Å². The number of rotatable bonds is 2. The van der Waals surface area contributed by atoms with Crippen molar-refractivity contribution in [2.45, 2.75) is 4.90 Å². The van der Waals surface area contributed by atoms with E-state index in [4.69, 9.17) is 34.7 Å². The van der Waals surface area contributed by atoms with E-state index in [2.05, 4.69) is 4.40 Å². The van der Waals surface area contributed by atoms with Crippen LogP contribution < -0.4 is 11.5 Å². The van der Waals surface area contributed by atoms with Gasteiger partial charge in [0.2, 0.25) is 5.96 Å². The van der Waals surface area contributed by atoms with Crippen LogP contribution in [0.4, 0.5) is 0 Å². The number of guanidine groups is 1. The summed E-state index contributed by atoms with van der Waals surface area (Å²) in [6, 6.07) is 3.78. The molecular formula is C7H7Cl2N3O2S. The molecule has 0 aliphatic heterocycles. The average molecular weight is 268 g/mol.